The van der Waals surface area contributed by atoms with E-state index in [9.17, 15) is 0 Å². The summed E-state index contributed by atoms with van der Waals surface area (Å²) in [6.45, 7) is 1.34. The topological polar surface area (TPSA) is 15.3 Å². The van der Waals surface area contributed by atoms with Crippen LogP contribution in [0.25, 0.3) is 0 Å². The predicted molar refractivity (Wildman–Crippen MR) is 60.5 cm³/mol. The van der Waals surface area contributed by atoms with Gasteiger partial charge in [-0.25, -0.2) is 0 Å². The Morgan fingerprint density at radius 2 is 1.86 bits per heavy atom. The van der Waals surface area contributed by atoms with Crippen LogP contribution in [-0.2, 0) is 0 Å². The molecule has 2 saturated carbocycles. The zero-order valence-electron chi connectivity index (χ0n) is 9.63. The van der Waals surface area contributed by atoms with Crippen LogP contribution < -0.4 is 5.32 Å². The number of hydrogen-bond acceptors (Lipinski definition) is 2. The third-order valence-corrected chi connectivity index (χ3v) is 3.91. The molecule has 2 rings (SSSR count). The summed E-state index contributed by atoms with van der Waals surface area (Å²) in [5.74, 6) is 1.03. The van der Waals surface area contributed by atoms with Crippen LogP contribution in [0.2, 0.25) is 0 Å². The van der Waals surface area contributed by atoms with Gasteiger partial charge in [0.2, 0.25) is 0 Å². The van der Waals surface area contributed by atoms with Gasteiger partial charge < -0.3 is 10.2 Å². The van der Waals surface area contributed by atoms with E-state index in [0.717, 1.165) is 18.0 Å². The first-order valence-electron chi connectivity index (χ1n) is 6.18. The van der Waals surface area contributed by atoms with Gasteiger partial charge in [-0.1, -0.05) is 12.8 Å². The third kappa shape index (κ3) is 2.48. The summed E-state index contributed by atoms with van der Waals surface area (Å²) >= 11 is 0. The minimum absolute atomic E-state index is 0.743. The Morgan fingerprint density at radius 1 is 1.14 bits per heavy atom. The summed E-state index contributed by atoms with van der Waals surface area (Å²) in [7, 11) is 4.44. The molecule has 2 heteroatoms. The molecular weight excluding hydrogens is 172 g/mol. The molecule has 2 atom stereocenters. The molecule has 0 aromatic heterocycles. The largest absolute Gasteiger partial charge is 0.315 e. The molecule has 0 saturated heterocycles. The molecule has 0 aliphatic heterocycles. The molecule has 14 heavy (non-hydrogen) atoms. The number of nitrogens with zero attached hydrogens (tertiary/aromatic N) is 1. The fraction of sp³-hybridized carbons (Fsp3) is 1.00. The maximum atomic E-state index is 3.49. The Balaban J connectivity index is 1.84. The summed E-state index contributed by atoms with van der Waals surface area (Å²) in [5.41, 5.74) is 0. The molecule has 82 valence electrons. The van der Waals surface area contributed by atoms with Gasteiger partial charge >= 0.3 is 0 Å². The summed E-state index contributed by atoms with van der Waals surface area (Å²) in [6.07, 6.45) is 8.56. The van der Waals surface area contributed by atoms with Gasteiger partial charge in [0.1, 0.15) is 0 Å². The fourth-order valence-corrected chi connectivity index (χ4v) is 2.82. The Bertz CT molecular complexity index is 177. The van der Waals surface area contributed by atoms with Crippen LogP contribution in [0.4, 0.5) is 0 Å². The van der Waals surface area contributed by atoms with Crippen molar-refractivity contribution in [1.82, 2.24) is 10.2 Å². The number of hydrogen-bond donors (Lipinski definition) is 1. The summed E-state index contributed by atoms with van der Waals surface area (Å²) in [6, 6.07) is 1.54. The van der Waals surface area contributed by atoms with Gasteiger partial charge in [0, 0.05) is 18.6 Å². The van der Waals surface area contributed by atoms with Gasteiger partial charge in [-0.3, -0.25) is 0 Å². The predicted octanol–water partition coefficient (Wildman–Crippen LogP) is 1.86. The van der Waals surface area contributed by atoms with Gasteiger partial charge in [0.15, 0.2) is 0 Å². The van der Waals surface area contributed by atoms with Crippen LogP contribution in [0.3, 0.4) is 0 Å². The van der Waals surface area contributed by atoms with E-state index in [0.29, 0.717) is 0 Å². The summed E-state index contributed by atoms with van der Waals surface area (Å²) in [4.78, 5) is 2.61. The average Bonchev–Trinajstić information content (AvgIpc) is 3.01. The van der Waals surface area contributed by atoms with Crippen molar-refractivity contribution in [3.63, 3.8) is 0 Å². The standard InChI is InChI=1S/C12H24N2/c1-13-11-5-3-4-6-12(11)14(2)9-10-7-8-10/h10-13H,3-9H2,1-2H3. The van der Waals surface area contributed by atoms with E-state index in [4.69, 9.17) is 0 Å². The Morgan fingerprint density at radius 3 is 2.50 bits per heavy atom. The average molecular weight is 196 g/mol. The van der Waals surface area contributed by atoms with Crippen LogP contribution in [0, 0.1) is 5.92 Å². The molecule has 0 heterocycles. The molecule has 0 bridgehead atoms. The lowest BCUT2D eigenvalue weighted by atomic mass is 9.89. The molecule has 2 fully saturated rings. The smallest absolute Gasteiger partial charge is 0.0246 e. The Hall–Kier alpha value is -0.0800. The lowest BCUT2D eigenvalue weighted by molar-refractivity contribution is 0.149. The highest BCUT2D eigenvalue weighted by molar-refractivity contribution is 4.88. The van der Waals surface area contributed by atoms with Gasteiger partial charge in [-0.15, -0.1) is 0 Å². The van der Waals surface area contributed by atoms with Crippen LogP contribution in [0.5, 0.6) is 0 Å². The monoisotopic (exact) mass is 196 g/mol. The first-order chi connectivity index (χ1) is 6.81. The molecule has 0 amide bonds. The maximum absolute atomic E-state index is 3.49. The van der Waals surface area contributed by atoms with Gasteiger partial charge in [-0.2, -0.15) is 0 Å². The summed E-state index contributed by atoms with van der Waals surface area (Å²) < 4.78 is 0. The molecule has 2 unspecified atom stereocenters. The zero-order valence-corrected chi connectivity index (χ0v) is 9.63. The maximum Gasteiger partial charge on any atom is 0.0246 e. The molecule has 0 aromatic rings. The highest BCUT2D eigenvalue weighted by Crippen LogP contribution is 2.31. The van der Waals surface area contributed by atoms with Crippen molar-refractivity contribution >= 4 is 0 Å². The summed E-state index contributed by atoms with van der Waals surface area (Å²) in [5, 5.41) is 3.49. The molecule has 1 N–H and O–H groups in total. The van der Waals surface area contributed by atoms with E-state index in [1.807, 2.05) is 0 Å². The van der Waals surface area contributed by atoms with E-state index in [2.05, 4.69) is 24.3 Å². The van der Waals surface area contributed by atoms with E-state index in [-0.39, 0.29) is 0 Å². The van der Waals surface area contributed by atoms with Crippen molar-refractivity contribution in [3.05, 3.63) is 0 Å². The number of rotatable bonds is 4. The van der Waals surface area contributed by atoms with Crippen molar-refractivity contribution in [2.75, 3.05) is 20.6 Å². The third-order valence-electron chi connectivity index (χ3n) is 3.91. The Kier molecular flexibility index (Phi) is 3.45. The fourth-order valence-electron chi connectivity index (χ4n) is 2.82. The van der Waals surface area contributed by atoms with Crippen molar-refractivity contribution in [2.45, 2.75) is 50.6 Å². The van der Waals surface area contributed by atoms with Crippen LogP contribution in [-0.4, -0.2) is 37.6 Å². The van der Waals surface area contributed by atoms with Crippen molar-refractivity contribution < 1.29 is 0 Å². The first kappa shape index (κ1) is 10.4. The van der Waals surface area contributed by atoms with Crippen molar-refractivity contribution in [2.24, 2.45) is 5.92 Å². The second kappa shape index (κ2) is 4.63. The second-order valence-corrected chi connectivity index (χ2v) is 5.13. The zero-order chi connectivity index (χ0) is 9.97. The highest BCUT2D eigenvalue weighted by Gasteiger charge is 2.30. The molecule has 0 radical (unpaired) electrons. The molecule has 2 nitrogen and oxygen atoms in total. The van der Waals surface area contributed by atoms with E-state index in [1.165, 1.54) is 45.1 Å². The van der Waals surface area contributed by atoms with Crippen LogP contribution in [0.1, 0.15) is 38.5 Å². The van der Waals surface area contributed by atoms with Gasteiger partial charge in [-0.05, 0) is 45.7 Å². The normalized spacial score (nSPS) is 33.6. The lowest BCUT2D eigenvalue weighted by Crippen LogP contribution is -2.49. The minimum atomic E-state index is 0.743. The molecular formula is C12H24N2. The van der Waals surface area contributed by atoms with E-state index >= 15 is 0 Å². The first-order valence-corrected chi connectivity index (χ1v) is 6.18. The quantitative estimate of drug-likeness (QED) is 0.738. The lowest BCUT2D eigenvalue weighted by Gasteiger charge is -2.38. The second-order valence-electron chi connectivity index (χ2n) is 5.13. The minimum Gasteiger partial charge on any atom is -0.315 e. The van der Waals surface area contributed by atoms with E-state index < -0.39 is 0 Å². The van der Waals surface area contributed by atoms with E-state index in [1.54, 1.807) is 0 Å². The molecule has 0 spiro atoms. The molecule has 2 aliphatic carbocycles. The SMILES string of the molecule is CNC1CCCCC1N(C)CC1CC1. The number of likely N-dealkylation sites (N-methyl/N-ethyl adjacent to an activating group) is 2. The van der Waals surface area contributed by atoms with Gasteiger partial charge in [0.05, 0.1) is 0 Å². The molecule has 2 aliphatic rings. The van der Waals surface area contributed by atoms with Crippen LogP contribution in [0.15, 0.2) is 0 Å². The van der Waals surface area contributed by atoms with Crippen molar-refractivity contribution in [1.29, 1.82) is 0 Å². The Labute approximate surface area is 88.1 Å². The molecule has 0 aromatic carbocycles. The van der Waals surface area contributed by atoms with Gasteiger partial charge in [0.25, 0.3) is 0 Å². The van der Waals surface area contributed by atoms with Crippen molar-refractivity contribution in [3.8, 4) is 0 Å². The highest BCUT2D eigenvalue weighted by atomic mass is 15.2. The van der Waals surface area contributed by atoms with Crippen LogP contribution >= 0.6 is 0 Å². The number of nitrogens with one attached hydrogen (secondary N) is 1.